The molecule has 2 aromatic carbocycles. The standard InChI is InChI=1S/C13H8BrIN2O/c14-6-3-9-8-2-1-7(15)5-11(8)17-12(9)10(4-6)13(16)18/h1-5,17H,(H2,16,18). The summed E-state index contributed by atoms with van der Waals surface area (Å²) in [5.41, 5.74) is 7.73. The zero-order valence-corrected chi connectivity index (χ0v) is 12.9. The highest BCUT2D eigenvalue weighted by Crippen LogP contribution is 2.31. The van der Waals surface area contributed by atoms with Crippen LogP contribution in [-0.2, 0) is 0 Å². The Morgan fingerprint density at radius 3 is 2.72 bits per heavy atom. The van der Waals surface area contributed by atoms with Crippen molar-refractivity contribution in [3.05, 3.63) is 43.9 Å². The molecule has 0 bridgehead atoms. The fraction of sp³-hybridized carbons (Fsp3) is 0. The predicted octanol–water partition coefficient (Wildman–Crippen LogP) is 3.79. The number of H-pyrrole nitrogens is 1. The fourth-order valence-corrected chi connectivity index (χ4v) is 3.09. The Labute approximate surface area is 125 Å². The van der Waals surface area contributed by atoms with Gasteiger partial charge in [0, 0.05) is 24.3 Å². The van der Waals surface area contributed by atoms with Crippen molar-refractivity contribution >= 4 is 66.2 Å². The second kappa shape index (κ2) is 4.24. The molecule has 1 amide bonds. The lowest BCUT2D eigenvalue weighted by atomic mass is 10.1. The molecular formula is C13H8BrIN2O. The monoisotopic (exact) mass is 414 g/mol. The summed E-state index contributed by atoms with van der Waals surface area (Å²) in [5, 5.41) is 2.10. The van der Waals surface area contributed by atoms with E-state index in [1.165, 1.54) is 0 Å². The van der Waals surface area contributed by atoms with E-state index >= 15 is 0 Å². The highest BCUT2D eigenvalue weighted by molar-refractivity contribution is 14.1. The van der Waals surface area contributed by atoms with Crippen molar-refractivity contribution < 1.29 is 4.79 Å². The van der Waals surface area contributed by atoms with E-state index in [1.54, 1.807) is 6.07 Å². The predicted molar refractivity (Wildman–Crippen MR) is 84.7 cm³/mol. The van der Waals surface area contributed by atoms with E-state index in [1.807, 2.05) is 18.2 Å². The Balaban J connectivity index is 2.52. The number of hydrogen-bond acceptors (Lipinski definition) is 1. The molecule has 18 heavy (non-hydrogen) atoms. The molecule has 0 spiro atoms. The van der Waals surface area contributed by atoms with Crippen LogP contribution in [0.4, 0.5) is 0 Å². The third kappa shape index (κ3) is 1.81. The number of nitrogens with one attached hydrogen (secondary N) is 1. The number of hydrogen-bond donors (Lipinski definition) is 2. The van der Waals surface area contributed by atoms with Crippen molar-refractivity contribution in [2.24, 2.45) is 5.73 Å². The molecule has 3 rings (SSSR count). The summed E-state index contributed by atoms with van der Waals surface area (Å²) in [4.78, 5) is 14.8. The first-order chi connectivity index (χ1) is 8.56. The lowest BCUT2D eigenvalue weighted by Crippen LogP contribution is -2.11. The van der Waals surface area contributed by atoms with Gasteiger partial charge in [-0.2, -0.15) is 0 Å². The van der Waals surface area contributed by atoms with Gasteiger partial charge in [0.1, 0.15) is 0 Å². The highest BCUT2D eigenvalue weighted by atomic mass is 127. The van der Waals surface area contributed by atoms with Crippen LogP contribution in [0.2, 0.25) is 0 Å². The van der Waals surface area contributed by atoms with E-state index in [-0.39, 0.29) is 0 Å². The van der Waals surface area contributed by atoms with Crippen molar-refractivity contribution in [1.29, 1.82) is 0 Å². The number of amides is 1. The van der Waals surface area contributed by atoms with Crippen LogP contribution < -0.4 is 5.73 Å². The molecular weight excluding hydrogens is 407 g/mol. The number of fused-ring (bicyclic) bond motifs is 3. The van der Waals surface area contributed by atoms with Gasteiger partial charge in [0.2, 0.25) is 0 Å². The maximum atomic E-state index is 11.5. The normalized spacial score (nSPS) is 11.2. The Morgan fingerprint density at radius 1 is 1.22 bits per heavy atom. The van der Waals surface area contributed by atoms with Gasteiger partial charge in [0.05, 0.1) is 11.1 Å². The molecule has 5 heteroatoms. The Hall–Kier alpha value is -1.08. The maximum Gasteiger partial charge on any atom is 0.250 e. The number of primary amides is 1. The number of carbonyl (C=O) groups excluding carboxylic acids is 1. The topological polar surface area (TPSA) is 58.9 Å². The molecule has 0 aliphatic carbocycles. The quantitative estimate of drug-likeness (QED) is 0.585. The summed E-state index contributed by atoms with van der Waals surface area (Å²) in [5.74, 6) is -0.428. The molecule has 1 aromatic heterocycles. The van der Waals surface area contributed by atoms with E-state index in [4.69, 9.17) is 5.73 Å². The number of carbonyl (C=O) groups is 1. The number of halogens is 2. The molecule has 0 fully saturated rings. The zero-order chi connectivity index (χ0) is 12.9. The van der Waals surface area contributed by atoms with Crippen LogP contribution >= 0.6 is 38.5 Å². The van der Waals surface area contributed by atoms with Crippen molar-refractivity contribution in [3.63, 3.8) is 0 Å². The van der Waals surface area contributed by atoms with Crippen LogP contribution in [0.3, 0.4) is 0 Å². The first-order valence-electron chi connectivity index (χ1n) is 5.26. The van der Waals surface area contributed by atoms with Gasteiger partial charge in [0.25, 0.3) is 5.91 Å². The average Bonchev–Trinajstić information content (AvgIpc) is 2.65. The van der Waals surface area contributed by atoms with Gasteiger partial charge in [-0.05, 0) is 46.9 Å². The van der Waals surface area contributed by atoms with Gasteiger partial charge in [-0.3, -0.25) is 4.79 Å². The Morgan fingerprint density at radius 2 is 2.00 bits per heavy atom. The molecule has 0 unspecified atom stereocenters. The lowest BCUT2D eigenvalue weighted by Gasteiger charge is -1.99. The SMILES string of the molecule is NC(=O)c1cc(Br)cc2c1[nH]c1cc(I)ccc12. The van der Waals surface area contributed by atoms with Gasteiger partial charge < -0.3 is 10.7 Å². The number of aromatic nitrogens is 1. The highest BCUT2D eigenvalue weighted by Gasteiger charge is 2.13. The van der Waals surface area contributed by atoms with Crippen LogP contribution in [0.15, 0.2) is 34.8 Å². The van der Waals surface area contributed by atoms with Crippen LogP contribution in [0.1, 0.15) is 10.4 Å². The van der Waals surface area contributed by atoms with Crippen molar-refractivity contribution in [2.45, 2.75) is 0 Å². The molecule has 0 aliphatic rings. The molecule has 0 atom stereocenters. The first kappa shape index (κ1) is 12.0. The molecule has 3 aromatic rings. The van der Waals surface area contributed by atoms with Crippen LogP contribution in [0.25, 0.3) is 21.8 Å². The minimum Gasteiger partial charge on any atom is -0.366 e. The lowest BCUT2D eigenvalue weighted by molar-refractivity contribution is 0.100. The van der Waals surface area contributed by atoms with Gasteiger partial charge >= 0.3 is 0 Å². The van der Waals surface area contributed by atoms with Gasteiger partial charge in [-0.15, -0.1) is 0 Å². The van der Waals surface area contributed by atoms with Crippen molar-refractivity contribution in [3.8, 4) is 0 Å². The maximum absolute atomic E-state index is 11.5. The second-order valence-electron chi connectivity index (χ2n) is 4.06. The fourth-order valence-electron chi connectivity index (χ4n) is 2.14. The Kier molecular flexibility index (Phi) is 2.82. The molecule has 1 heterocycles. The third-order valence-electron chi connectivity index (χ3n) is 2.90. The third-order valence-corrected chi connectivity index (χ3v) is 4.03. The number of rotatable bonds is 1. The summed E-state index contributed by atoms with van der Waals surface area (Å²) in [6.07, 6.45) is 0. The van der Waals surface area contributed by atoms with Crippen LogP contribution in [0.5, 0.6) is 0 Å². The minimum absolute atomic E-state index is 0.428. The second-order valence-corrected chi connectivity index (χ2v) is 6.22. The summed E-state index contributed by atoms with van der Waals surface area (Å²) < 4.78 is 1.99. The molecule has 0 saturated heterocycles. The number of nitrogens with two attached hydrogens (primary N) is 1. The van der Waals surface area contributed by atoms with E-state index in [0.29, 0.717) is 5.56 Å². The number of aromatic amines is 1. The molecule has 0 radical (unpaired) electrons. The Bertz CT molecular complexity index is 794. The summed E-state index contributed by atoms with van der Waals surface area (Å²) in [7, 11) is 0. The van der Waals surface area contributed by atoms with Crippen LogP contribution in [-0.4, -0.2) is 10.9 Å². The zero-order valence-electron chi connectivity index (χ0n) is 9.13. The molecule has 0 saturated carbocycles. The molecule has 90 valence electrons. The van der Waals surface area contributed by atoms with E-state index < -0.39 is 5.91 Å². The number of benzene rings is 2. The smallest absolute Gasteiger partial charge is 0.250 e. The summed E-state index contributed by atoms with van der Waals surface area (Å²) in [6.45, 7) is 0. The van der Waals surface area contributed by atoms with Crippen LogP contribution in [0, 0.1) is 3.57 Å². The first-order valence-corrected chi connectivity index (χ1v) is 7.14. The van der Waals surface area contributed by atoms with E-state index in [0.717, 1.165) is 29.8 Å². The van der Waals surface area contributed by atoms with Gasteiger partial charge in [-0.25, -0.2) is 0 Å². The van der Waals surface area contributed by atoms with Crippen molar-refractivity contribution in [1.82, 2.24) is 4.98 Å². The van der Waals surface area contributed by atoms with Crippen molar-refractivity contribution in [2.75, 3.05) is 0 Å². The molecule has 3 N–H and O–H groups in total. The average molecular weight is 415 g/mol. The van der Waals surface area contributed by atoms with E-state index in [2.05, 4.69) is 49.6 Å². The summed E-state index contributed by atoms with van der Waals surface area (Å²) in [6, 6.07) is 9.88. The summed E-state index contributed by atoms with van der Waals surface area (Å²) >= 11 is 5.67. The molecule has 0 aliphatic heterocycles. The molecule has 3 nitrogen and oxygen atoms in total. The minimum atomic E-state index is -0.428. The van der Waals surface area contributed by atoms with Gasteiger partial charge in [-0.1, -0.05) is 22.0 Å². The van der Waals surface area contributed by atoms with E-state index in [9.17, 15) is 4.79 Å². The van der Waals surface area contributed by atoms with Gasteiger partial charge in [0.15, 0.2) is 0 Å². The largest absolute Gasteiger partial charge is 0.366 e.